The third-order valence-electron chi connectivity index (χ3n) is 7.74. The number of rotatable bonds is 8. The minimum absolute atomic E-state index is 0.00557. The number of hydrogen-bond acceptors (Lipinski definition) is 8. The highest BCUT2D eigenvalue weighted by Gasteiger charge is 2.50. The van der Waals surface area contributed by atoms with E-state index < -0.39 is 51.0 Å². The lowest BCUT2D eigenvalue weighted by molar-refractivity contribution is -0.200. The van der Waals surface area contributed by atoms with E-state index in [2.05, 4.69) is 5.48 Å². The van der Waals surface area contributed by atoms with Crippen LogP contribution in [0.25, 0.3) is 10.4 Å². The molecule has 42 heavy (non-hydrogen) atoms. The lowest BCUT2D eigenvalue weighted by Gasteiger charge is -2.31. The molecule has 2 unspecified atom stereocenters. The molecule has 1 aromatic heterocycles. The van der Waals surface area contributed by atoms with Crippen molar-refractivity contribution in [3.05, 3.63) is 83.0 Å². The van der Waals surface area contributed by atoms with Gasteiger partial charge in [0.25, 0.3) is 5.91 Å². The molecule has 0 aliphatic carbocycles. The maximum atomic E-state index is 14.1. The first-order valence-corrected chi connectivity index (χ1v) is 16.3. The molecule has 0 radical (unpaired) electrons. The Morgan fingerprint density at radius 2 is 1.86 bits per heavy atom. The molecule has 2 aliphatic heterocycles. The minimum atomic E-state index is -4.02. The summed E-state index contributed by atoms with van der Waals surface area (Å²) in [7, 11) is -4.02. The van der Waals surface area contributed by atoms with Crippen LogP contribution < -0.4 is 5.48 Å². The van der Waals surface area contributed by atoms with Crippen LogP contribution in [-0.2, 0) is 33.7 Å². The SMILES string of the molecule is O=C(CC1(c2ccc(-c3ccc(F)cc3)s2)CCN(C(=O)[C@@H](O)c2ccccc2)CCS1(=O)=O)NOC1CCCCO1. The van der Waals surface area contributed by atoms with Gasteiger partial charge in [0.2, 0.25) is 5.91 Å². The predicted octanol–water partition coefficient (Wildman–Crippen LogP) is 4.09. The van der Waals surface area contributed by atoms with E-state index in [1.807, 2.05) is 0 Å². The zero-order valence-corrected chi connectivity index (χ0v) is 24.5. The molecular weight excluding hydrogens is 583 g/mol. The van der Waals surface area contributed by atoms with Crippen LogP contribution >= 0.6 is 11.3 Å². The van der Waals surface area contributed by atoms with E-state index >= 15 is 0 Å². The number of carbonyl (C=O) groups is 2. The summed E-state index contributed by atoms with van der Waals surface area (Å²) < 4.78 is 45.5. The summed E-state index contributed by atoms with van der Waals surface area (Å²) in [4.78, 5) is 34.4. The standard InChI is InChI=1S/C30H33FN2O7S2/c31-23-11-9-21(10-12-23)24-13-14-25(41-24)30(20-26(34)32-40-27-8-4-5-18-39-27)15-16-33(17-19-42(30,37)38)29(36)28(35)22-6-2-1-3-7-22/h1-3,6-7,9-14,27-28,35H,4-5,8,15-20H2,(H,32,34)/t27?,28-,30?/m0/s1. The zero-order valence-electron chi connectivity index (χ0n) is 22.9. The average molecular weight is 617 g/mol. The number of thiophene rings is 1. The zero-order chi connectivity index (χ0) is 29.7. The van der Waals surface area contributed by atoms with Crippen LogP contribution in [0.4, 0.5) is 4.39 Å². The quantitative estimate of drug-likeness (QED) is 0.366. The number of sulfone groups is 1. The molecule has 2 N–H and O–H groups in total. The van der Waals surface area contributed by atoms with Gasteiger partial charge < -0.3 is 14.7 Å². The van der Waals surface area contributed by atoms with E-state index in [1.54, 1.807) is 54.6 Å². The minimum Gasteiger partial charge on any atom is -0.378 e. The molecule has 0 saturated carbocycles. The molecule has 2 saturated heterocycles. The molecule has 2 aromatic carbocycles. The number of benzene rings is 2. The van der Waals surface area contributed by atoms with Crippen molar-refractivity contribution in [2.24, 2.45) is 0 Å². The fourth-order valence-electron chi connectivity index (χ4n) is 5.32. The number of aliphatic hydroxyl groups excluding tert-OH is 1. The Labute approximate surface area is 248 Å². The second-order valence-electron chi connectivity index (χ2n) is 10.5. The number of hydrogen-bond donors (Lipinski definition) is 2. The molecular formula is C30H33FN2O7S2. The smallest absolute Gasteiger partial charge is 0.256 e. The van der Waals surface area contributed by atoms with Crippen molar-refractivity contribution < 1.29 is 37.1 Å². The van der Waals surface area contributed by atoms with Gasteiger partial charge in [-0.15, -0.1) is 11.3 Å². The summed E-state index contributed by atoms with van der Waals surface area (Å²) in [6.07, 6.45) is -0.161. The van der Waals surface area contributed by atoms with Crippen LogP contribution in [0.2, 0.25) is 0 Å². The van der Waals surface area contributed by atoms with Crippen molar-refractivity contribution in [3.63, 3.8) is 0 Å². The van der Waals surface area contributed by atoms with E-state index in [-0.39, 0.29) is 25.3 Å². The Kier molecular flexibility index (Phi) is 9.38. The molecule has 2 fully saturated rings. The molecule has 3 aromatic rings. The Hall–Kier alpha value is -3.16. The first kappa shape index (κ1) is 30.3. The fraction of sp³-hybridized carbons (Fsp3) is 0.400. The number of nitrogens with one attached hydrogen (secondary N) is 1. The van der Waals surface area contributed by atoms with Crippen molar-refractivity contribution in [2.45, 2.75) is 49.2 Å². The third-order valence-corrected chi connectivity index (χ3v) is 11.7. The molecule has 0 bridgehead atoms. The van der Waals surface area contributed by atoms with Gasteiger partial charge in [-0.25, -0.2) is 23.1 Å². The third kappa shape index (κ3) is 6.57. The van der Waals surface area contributed by atoms with Gasteiger partial charge in [0, 0.05) is 35.9 Å². The molecule has 0 spiro atoms. The van der Waals surface area contributed by atoms with E-state index in [4.69, 9.17) is 9.57 Å². The van der Waals surface area contributed by atoms with Crippen LogP contribution in [0.15, 0.2) is 66.7 Å². The van der Waals surface area contributed by atoms with Gasteiger partial charge in [-0.3, -0.25) is 9.59 Å². The first-order valence-electron chi connectivity index (χ1n) is 13.8. The van der Waals surface area contributed by atoms with Crippen molar-refractivity contribution >= 4 is 33.0 Å². The number of halogens is 1. The van der Waals surface area contributed by atoms with Gasteiger partial charge in [-0.1, -0.05) is 42.5 Å². The van der Waals surface area contributed by atoms with E-state index in [0.29, 0.717) is 33.9 Å². The molecule has 224 valence electrons. The summed E-state index contributed by atoms with van der Waals surface area (Å²) in [5, 5.41) is 10.7. The second kappa shape index (κ2) is 13.0. The summed E-state index contributed by atoms with van der Waals surface area (Å²) in [5.41, 5.74) is 3.50. The molecule has 5 rings (SSSR count). The molecule has 9 nitrogen and oxygen atoms in total. The highest BCUT2D eigenvalue weighted by molar-refractivity contribution is 7.92. The van der Waals surface area contributed by atoms with Gasteiger partial charge >= 0.3 is 0 Å². The highest BCUT2D eigenvalue weighted by Crippen LogP contribution is 2.45. The maximum Gasteiger partial charge on any atom is 0.256 e. The monoisotopic (exact) mass is 616 g/mol. The lowest BCUT2D eigenvalue weighted by atomic mass is 9.97. The van der Waals surface area contributed by atoms with Gasteiger partial charge in [0.15, 0.2) is 22.2 Å². The number of nitrogens with zero attached hydrogens (tertiary/aromatic N) is 1. The molecule has 12 heteroatoms. The van der Waals surface area contributed by atoms with Crippen LogP contribution in [0.3, 0.4) is 0 Å². The number of aliphatic hydroxyl groups is 1. The van der Waals surface area contributed by atoms with Crippen molar-refractivity contribution in [1.29, 1.82) is 0 Å². The average Bonchev–Trinajstić information content (AvgIpc) is 3.46. The first-order chi connectivity index (χ1) is 20.2. The van der Waals surface area contributed by atoms with Gasteiger partial charge in [-0.05, 0) is 54.7 Å². The van der Waals surface area contributed by atoms with Gasteiger partial charge in [0.05, 0.1) is 12.2 Å². The lowest BCUT2D eigenvalue weighted by Crippen LogP contribution is -2.43. The van der Waals surface area contributed by atoms with E-state index in [9.17, 15) is 27.5 Å². The van der Waals surface area contributed by atoms with Crippen molar-refractivity contribution in [3.8, 4) is 10.4 Å². The second-order valence-corrected chi connectivity index (χ2v) is 14.0. The molecule has 3 heterocycles. The predicted molar refractivity (Wildman–Crippen MR) is 155 cm³/mol. The van der Waals surface area contributed by atoms with Crippen LogP contribution in [0.1, 0.15) is 48.6 Å². The molecule has 2 amide bonds. The normalized spacial score (nSPS) is 23.1. The summed E-state index contributed by atoms with van der Waals surface area (Å²) in [6, 6.07) is 17.7. The van der Waals surface area contributed by atoms with Gasteiger partial charge in [-0.2, -0.15) is 0 Å². The largest absolute Gasteiger partial charge is 0.378 e. The van der Waals surface area contributed by atoms with Crippen molar-refractivity contribution in [1.82, 2.24) is 10.4 Å². The fourth-order valence-corrected chi connectivity index (χ4v) is 8.93. The Bertz CT molecular complexity index is 1490. The summed E-state index contributed by atoms with van der Waals surface area (Å²) >= 11 is 1.21. The topological polar surface area (TPSA) is 122 Å². The Morgan fingerprint density at radius 3 is 2.57 bits per heavy atom. The van der Waals surface area contributed by atoms with Gasteiger partial charge in [0.1, 0.15) is 10.6 Å². The number of carbonyl (C=O) groups excluding carboxylic acids is 2. The summed E-state index contributed by atoms with van der Waals surface area (Å²) in [5.74, 6) is -2.02. The van der Waals surface area contributed by atoms with Crippen LogP contribution in [0, 0.1) is 5.82 Å². The number of ether oxygens (including phenoxy) is 1. The molecule has 3 atom stereocenters. The highest BCUT2D eigenvalue weighted by atomic mass is 32.2. The maximum absolute atomic E-state index is 14.1. The van der Waals surface area contributed by atoms with Crippen LogP contribution in [-0.4, -0.2) is 62.0 Å². The number of hydroxylamine groups is 1. The van der Waals surface area contributed by atoms with Crippen molar-refractivity contribution in [2.75, 3.05) is 25.4 Å². The molecule has 2 aliphatic rings. The van der Waals surface area contributed by atoms with E-state index in [0.717, 1.165) is 12.8 Å². The van der Waals surface area contributed by atoms with E-state index in [1.165, 1.54) is 28.4 Å². The Balaban J connectivity index is 1.43. The van der Waals surface area contributed by atoms with Crippen LogP contribution in [0.5, 0.6) is 0 Å². The summed E-state index contributed by atoms with van der Waals surface area (Å²) in [6.45, 7) is 0.390. The Morgan fingerprint density at radius 1 is 1.10 bits per heavy atom. The number of amides is 2.